The van der Waals surface area contributed by atoms with E-state index in [2.05, 4.69) is 5.32 Å². The standard InChI is InChI=1S/C24H24ClNO3/c1-3-28-21-12-8-18(9-13-21)17(2)26-24(27)19-10-14-22(15-11-19)29-16-20-6-4-5-7-23(20)25/h4-15,17H,3,16H2,1-2H3,(H,26,27)/t17-/m1/s1. The Morgan fingerprint density at radius 1 is 0.931 bits per heavy atom. The Hall–Kier alpha value is -2.98. The van der Waals surface area contributed by atoms with Crippen LogP contribution in [-0.2, 0) is 6.61 Å². The number of amides is 1. The summed E-state index contributed by atoms with van der Waals surface area (Å²) in [5.41, 5.74) is 2.51. The fourth-order valence-corrected chi connectivity index (χ4v) is 3.05. The maximum atomic E-state index is 12.5. The number of halogens is 1. The first kappa shape index (κ1) is 20.7. The van der Waals surface area contributed by atoms with Gasteiger partial charge >= 0.3 is 0 Å². The number of rotatable bonds is 8. The fraction of sp³-hybridized carbons (Fsp3) is 0.208. The van der Waals surface area contributed by atoms with Crippen LogP contribution in [0.4, 0.5) is 0 Å². The summed E-state index contributed by atoms with van der Waals surface area (Å²) in [6, 6.07) is 22.3. The minimum Gasteiger partial charge on any atom is -0.494 e. The zero-order valence-corrected chi connectivity index (χ0v) is 17.3. The molecule has 1 atom stereocenters. The van der Waals surface area contributed by atoms with Crippen molar-refractivity contribution in [2.45, 2.75) is 26.5 Å². The van der Waals surface area contributed by atoms with Crippen molar-refractivity contribution < 1.29 is 14.3 Å². The van der Waals surface area contributed by atoms with Gasteiger partial charge in [-0.05, 0) is 61.9 Å². The van der Waals surface area contributed by atoms with E-state index in [-0.39, 0.29) is 11.9 Å². The Morgan fingerprint density at radius 2 is 1.55 bits per heavy atom. The van der Waals surface area contributed by atoms with Crippen LogP contribution in [0, 0.1) is 0 Å². The summed E-state index contributed by atoms with van der Waals surface area (Å²) >= 11 is 6.14. The molecule has 0 aliphatic carbocycles. The van der Waals surface area contributed by atoms with Gasteiger partial charge in [0.1, 0.15) is 18.1 Å². The molecule has 1 N–H and O–H groups in total. The van der Waals surface area contributed by atoms with Crippen LogP contribution in [0.1, 0.15) is 41.4 Å². The number of nitrogens with one attached hydrogen (secondary N) is 1. The summed E-state index contributed by atoms with van der Waals surface area (Å²) in [4.78, 5) is 12.5. The summed E-state index contributed by atoms with van der Waals surface area (Å²) in [5, 5.41) is 3.68. The SMILES string of the molecule is CCOc1ccc([C@@H](C)NC(=O)c2ccc(OCc3ccccc3Cl)cc2)cc1. The molecule has 0 fully saturated rings. The third kappa shape index (κ3) is 5.75. The summed E-state index contributed by atoms with van der Waals surface area (Å²) in [5.74, 6) is 1.37. The van der Waals surface area contributed by atoms with E-state index in [0.717, 1.165) is 16.9 Å². The average Bonchev–Trinajstić information content (AvgIpc) is 2.74. The molecular formula is C24H24ClNO3. The van der Waals surface area contributed by atoms with Crippen LogP contribution in [-0.4, -0.2) is 12.5 Å². The highest BCUT2D eigenvalue weighted by Gasteiger charge is 2.12. The lowest BCUT2D eigenvalue weighted by Crippen LogP contribution is -2.26. The lowest BCUT2D eigenvalue weighted by atomic mass is 10.1. The van der Waals surface area contributed by atoms with Gasteiger partial charge in [-0.15, -0.1) is 0 Å². The molecule has 0 saturated heterocycles. The van der Waals surface area contributed by atoms with Gasteiger partial charge in [-0.3, -0.25) is 4.79 Å². The van der Waals surface area contributed by atoms with Gasteiger partial charge in [0.05, 0.1) is 12.6 Å². The first-order chi connectivity index (χ1) is 14.1. The highest BCUT2D eigenvalue weighted by Crippen LogP contribution is 2.20. The zero-order valence-electron chi connectivity index (χ0n) is 16.5. The molecule has 3 aromatic rings. The van der Waals surface area contributed by atoms with E-state index >= 15 is 0 Å². The van der Waals surface area contributed by atoms with Crippen molar-refractivity contribution in [2.75, 3.05) is 6.61 Å². The third-order valence-corrected chi connectivity index (χ3v) is 4.88. The lowest BCUT2D eigenvalue weighted by Gasteiger charge is -2.15. The number of hydrogen-bond acceptors (Lipinski definition) is 3. The Balaban J connectivity index is 1.56. The van der Waals surface area contributed by atoms with Crippen LogP contribution >= 0.6 is 11.6 Å². The Kier molecular flexibility index (Phi) is 7.14. The van der Waals surface area contributed by atoms with Crippen LogP contribution in [0.5, 0.6) is 11.5 Å². The molecule has 0 aliphatic rings. The first-order valence-corrected chi connectivity index (χ1v) is 9.94. The molecule has 0 spiro atoms. The monoisotopic (exact) mass is 409 g/mol. The average molecular weight is 410 g/mol. The van der Waals surface area contributed by atoms with E-state index in [1.807, 2.05) is 62.4 Å². The number of carbonyl (C=O) groups is 1. The molecule has 5 heteroatoms. The van der Waals surface area contributed by atoms with Gasteiger partial charge in [0.15, 0.2) is 0 Å². The van der Waals surface area contributed by atoms with Gasteiger partial charge in [0, 0.05) is 16.1 Å². The van der Waals surface area contributed by atoms with Gasteiger partial charge in [-0.25, -0.2) is 0 Å². The van der Waals surface area contributed by atoms with Crippen LogP contribution in [0.2, 0.25) is 5.02 Å². The minimum atomic E-state index is -0.135. The van der Waals surface area contributed by atoms with E-state index in [1.54, 1.807) is 24.3 Å². The predicted molar refractivity (Wildman–Crippen MR) is 116 cm³/mol. The molecule has 1 amide bonds. The largest absolute Gasteiger partial charge is 0.494 e. The molecule has 4 nitrogen and oxygen atoms in total. The van der Waals surface area contributed by atoms with Crippen LogP contribution in [0.25, 0.3) is 0 Å². The summed E-state index contributed by atoms with van der Waals surface area (Å²) in [6.07, 6.45) is 0. The van der Waals surface area contributed by atoms with E-state index < -0.39 is 0 Å². The molecule has 150 valence electrons. The van der Waals surface area contributed by atoms with Crippen molar-refractivity contribution in [3.05, 3.63) is 94.5 Å². The number of ether oxygens (including phenoxy) is 2. The van der Waals surface area contributed by atoms with Crippen molar-refractivity contribution in [3.8, 4) is 11.5 Å². The second kappa shape index (κ2) is 9.99. The molecule has 0 unspecified atom stereocenters. The van der Waals surface area contributed by atoms with Crippen LogP contribution in [0.15, 0.2) is 72.8 Å². The van der Waals surface area contributed by atoms with Crippen molar-refractivity contribution in [1.82, 2.24) is 5.32 Å². The van der Waals surface area contributed by atoms with Gasteiger partial charge in [0.2, 0.25) is 0 Å². The zero-order chi connectivity index (χ0) is 20.6. The molecule has 0 heterocycles. The Bertz CT molecular complexity index is 939. The highest BCUT2D eigenvalue weighted by molar-refractivity contribution is 6.31. The fourth-order valence-electron chi connectivity index (χ4n) is 2.86. The molecule has 0 saturated carbocycles. The van der Waals surface area contributed by atoms with Crippen LogP contribution in [0.3, 0.4) is 0 Å². The topological polar surface area (TPSA) is 47.6 Å². The third-order valence-electron chi connectivity index (χ3n) is 4.51. The minimum absolute atomic E-state index is 0.116. The molecule has 0 radical (unpaired) electrons. The van der Waals surface area contributed by atoms with Crippen molar-refractivity contribution in [1.29, 1.82) is 0 Å². The number of hydrogen-bond donors (Lipinski definition) is 1. The maximum Gasteiger partial charge on any atom is 0.251 e. The van der Waals surface area contributed by atoms with Gasteiger partial charge < -0.3 is 14.8 Å². The summed E-state index contributed by atoms with van der Waals surface area (Å²) in [7, 11) is 0. The second-order valence-corrected chi connectivity index (χ2v) is 7.01. The smallest absolute Gasteiger partial charge is 0.251 e. The molecule has 29 heavy (non-hydrogen) atoms. The molecule has 0 aliphatic heterocycles. The van der Waals surface area contributed by atoms with Gasteiger partial charge in [-0.1, -0.05) is 41.9 Å². The van der Waals surface area contributed by atoms with Crippen LogP contribution < -0.4 is 14.8 Å². The number of carbonyl (C=O) groups excluding carboxylic acids is 1. The summed E-state index contributed by atoms with van der Waals surface area (Å²) in [6.45, 7) is 4.91. The van der Waals surface area contributed by atoms with E-state index in [4.69, 9.17) is 21.1 Å². The molecule has 3 aromatic carbocycles. The van der Waals surface area contributed by atoms with E-state index in [9.17, 15) is 4.79 Å². The maximum absolute atomic E-state index is 12.5. The number of benzene rings is 3. The van der Waals surface area contributed by atoms with Gasteiger partial charge in [-0.2, -0.15) is 0 Å². The molecule has 0 bridgehead atoms. The first-order valence-electron chi connectivity index (χ1n) is 9.56. The van der Waals surface area contributed by atoms with Crippen molar-refractivity contribution in [2.24, 2.45) is 0 Å². The Labute approximate surface area is 176 Å². The Morgan fingerprint density at radius 3 is 2.21 bits per heavy atom. The second-order valence-electron chi connectivity index (χ2n) is 6.60. The van der Waals surface area contributed by atoms with Crippen molar-refractivity contribution >= 4 is 17.5 Å². The highest BCUT2D eigenvalue weighted by atomic mass is 35.5. The molecular weight excluding hydrogens is 386 g/mol. The van der Waals surface area contributed by atoms with E-state index in [0.29, 0.717) is 29.5 Å². The molecule has 0 aromatic heterocycles. The quantitative estimate of drug-likeness (QED) is 0.510. The predicted octanol–water partition coefficient (Wildman–Crippen LogP) is 5.81. The normalized spacial score (nSPS) is 11.6. The van der Waals surface area contributed by atoms with Gasteiger partial charge in [0.25, 0.3) is 5.91 Å². The molecule has 3 rings (SSSR count). The van der Waals surface area contributed by atoms with E-state index in [1.165, 1.54) is 0 Å². The summed E-state index contributed by atoms with van der Waals surface area (Å²) < 4.78 is 11.2. The van der Waals surface area contributed by atoms with Crippen molar-refractivity contribution in [3.63, 3.8) is 0 Å². The lowest BCUT2D eigenvalue weighted by molar-refractivity contribution is 0.0940.